The molecule has 0 unspecified atom stereocenters. The molecule has 0 radical (unpaired) electrons. The molecule has 40 heavy (non-hydrogen) atoms. The van der Waals surface area contributed by atoms with E-state index in [0.29, 0.717) is 27.9 Å². The fourth-order valence-corrected chi connectivity index (χ4v) is 6.23. The number of nitrogens with one attached hydrogen (secondary N) is 2. The summed E-state index contributed by atoms with van der Waals surface area (Å²) < 4.78 is 28.6. The van der Waals surface area contributed by atoms with Crippen molar-refractivity contribution in [1.82, 2.24) is 9.88 Å². The van der Waals surface area contributed by atoms with Gasteiger partial charge in [-0.3, -0.25) is 9.62 Å². The van der Waals surface area contributed by atoms with Crippen LogP contribution in [0.1, 0.15) is 29.5 Å². The van der Waals surface area contributed by atoms with Gasteiger partial charge in [0.25, 0.3) is 10.0 Å². The highest BCUT2D eigenvalue weighted by Gasteiger charge is 2.21. The third-order valence-electron chi connectivity index (χ3n) is 7.15. The number of fused-ring (bicyclic) bond motifs is 1. The molecule has 1 saturated heterocycles. The summed E-state index contributed by atoms with van der Waals surface area (Å²) in [6.45, 7) is 3.21. The van der Waals surface area contributed by atoms with E-state index in [1.807, 2.05) is 42.5 Å². The summed E-state index contributed by atoms with van der Waals surface area (Å²) in [6, 6.07) is 31.2. The Morgan fingerprint density at radius 3 is 2.25 bits per heavy atom. The molecule has 0 bridgehead atoms. The topological polar surface area (TPSA) is 97.8 Å². The number of anilines is 1. The Morgan fingerprint density at radius 2 is 1.55 bits per heavy atom. The van der Waals surface area contributed by atoms with Crippen LogP contribution in [0, 0.1) is 0 Å². The molecule has 6 rings (SSSR count). The Labute approximate surface area is 233 Å². The monoisotopic (exact) mass is 550 g/mol. The van der Waals surface area contributed by atoms with E-state index in [1.54, 1.807) is 48.5 Å². The van der Waals surface area contributed by atoms with Gasteiger partial charge in [-0.1, -0.05) is 60.7 Å². The number of hydrogen-bond acceptors (Lipinski definition) is 5. The van der Waals surface area contributed by atoms with Crippen molar-refractivity contribution in [2.75, 3.05) is 17.8 Å². The predicted molar refractivity (Wildman–Crippen MR) is 160 cm³/mol. The Balaban J connectivity index is 1.39. The highest BCUT2D eigenvalue weighted by molar-refractivity contribution is 7.92. The lowest BCUT2D eigenvalue weighted by molar-refractivity contribution is 0.331. The van der Waals surface area contributed by atoms with E-state index in [-0.39, 0.29) is 10.8 Å². The third-order valence-corrected chi connectivity index (χ3v) is 8.55. The molecule has 4 aromatic carbocycles. The SMILES string of the molecule is O=S(=O)(Nc1ccc2[nH]c(O)c(C(=Nc3ccc(CN4CCCC4)cc3)c3ccccc3)c2c1)c1ccccc1. The molecule has 0 amide bonds. The van der Waals surface area contributed by atoms with E-state index in [9.17, 15) is 13.5 Å². The minimum atomic E-state index is -3.78. The number of aromatic nitrogens is 1. The van der Waals surface area contributed by atoms with Crippen LogP contribution in [0.25, 0.3) is 10.9 Å². The van der Waals surface area contributed by atoms with E-state index >= 15 is 0 Å². The second-order valence-electron chi connectivity index (χ2n) is 10.0. The molecule has 0 saturated carbocycles. The molecule has 0 aliphatic carbocycles. The number of likely N-dealkylation sites (tertiary alicyclic amines) is 1. The maximum atomic E-state index is 13.0. The van der Waals surface area contributed by atoms with Crippen molar-refractivity contribution in [1.29, 1.82) is 0 Å². The number of H-pyrrole nitrogens is 1. The van der Waals surface area contributed by atoms with Gasteiger partial charge in [-0.25, -0.2) is 13.4 Å². The molecule has 2 heterocycles. The molecular formula is C32H30N4O3S. The second-order valence-corrected chi connectivity index (χ2v) is 11.7. The molecule has 3 N–H and O–H groups in total. The molecule has 8 heteroatoms. The summed E-state index contributed by atoms with van der Waals surface area (Å²) in [5.74, 6) is -0.0358. The van der Waals surface area contributed by atoms with Crippen LogP contribution in [0.4, 0.5) is 11.4 Å². The minimum absolute atomic E-state index is 0.0358. The molecule has 1 aliphatic rings. The summed E-state index contributed by atoms with van der Waals surface area (Å²) in [4.78, 5) is 10.7. The van der Waals surface area contributed by atoms with Crippen molar-refractivity contribution in [3.05, 3.63) is 120 Å². The number of nitrogens with zero attached hydrogens (tertiary/aromatic N) is 2. The molecule has 202 valence electrons. The molecule has 1 aromatic heterocycles. The van der Waals surface area contributed by atoms with Gasteiger partial charge in [0.2, 0.25) is 0 Å². The van der Waals surface area contributed by atoms with E-state index in [4.69, 9.17) is 4.99 Å². The summed E-state index contributed by atoms with van der Waals surface area (Å²) in [5, 5.41) is 11.7. The molecule has 0 spiro atoms. The first kappa shape index (κ1) is 25.9. The highest BCUT2D eigenvalue weighted by Crippen LogP contribution is 2.34. The first-order valence-electron chi connectivity index (χ1n) is 13.3. The van der Waals surface area contributed by atoms with Crippen molar-refractivity contribution in [3.8, 4) is 5.88 Å². The summed E-state index contributed by atoms with van der Waals surface area (Å²) in [6.07, 6.45) is 2.51. The standard InChI is InChI=1S/C32H30N4O3S/c37-32-30(28-21-26(17-18-29(28)34-32)35-40(38,39)27-11-5-2-6-12-27)31(24-9-3-1-4-10-24)33-25-15-13-23(14-16-25)22-36-19-7-8-20-36/h1-6,9-18,21,34-35,37H,7-8,19-20,22H2. The van der Waals surface area contributed by atoms with Crippen LogP contribution < -0.4 is 4.72 Å². The van der Waals surface area contributed by atoms with E-state index in [0.717, 1.165) is 30.9 Å². The lowest BCUT2D eigenvalue weighted by Crippen LogP contribution is -2.18. The van der Waals surface area contributed by atoms with Crippen molar-refractivity contribution >= 4 is 38.0 Å². The largest absolute Gasteiger partial charge is 0.494 e. The van der Waals surface area contributed by atoms with Crippen LogP contribution in [0.15, 0.2) is 113 Å². The fourth-order valence-electron chi connectivity index (χ4n) is 5.16. The number of sulfonamides is 1. The van der Waals surface area contributed by atoms with Crippen LogP contribution in [-0.4, -0.2) is 42.2 Å². The number of aromatic hydroxyl groups is 1. The number of rotatable bonds is 8. The van der Waals surface area contributed by atoms with Crippen LogP contribution >= 0.6 is 0 Å². The quantitative estimate of drug-likeness (QED) is 0.194. The molecule has 0 atom stereocenters. The summed E-state index contributed by atoms with van der Waals surface area (Å²) in [7, 11) is -3.78. The molecular weight excluding hydrogens is 520 g/mol. The number of aromatic amines is 1. The van der Waals surface area contributed by atoms with Crippen molar-refractivity contribution in [2.45, 2.75) is 24.3 Å². The smallest absolute Gasteiger partial charge is 0.261 e. The van der Waals surface area contributed by atoms with Crippen LogP contribution in [-0.2, 0) is 16.6 Å². The zero-order valence-corrected chi connectivity index (χ0v) is 22.7. The second kappa shape index (κ2) is 11.0. The van der Waals surface area contributed by atoms with Gasteiger partial charge in [0.05, 0.1) is 21.9 Å². The maximum absolute atomic E-state index is 13.0. The zero-order valence-electron chi connectivity index (χ0n) is 21.9. The Morgan fingerprint density at radius 1 is 0.875 bits per heavy atom. The fraction of sp³-hybridized carbons (Fsp3) is 0.156. The van der Waals surface area contributed by atoms with E-state index in [1.165, 1.54) is 18.4 Å². The minimum Gasteiger partial charge on any atom is -0.494 e. The van der Waals surface area contributed by atoms with Gasteiger partial charge in [-0.2, -0.15) is 0 Å². The first-order chi connectivity index (χ1) is 19.5. The van der Waals surface area contributed by atoms with Gasteiger partial charge in [0.15, 0.2) is 5.88 Å². The maximum Gasteiger partial charge on any atom is 0.261 e. The average Bonchev–Trinajstić information content (AvgIpc) is 3.60. The molecule has 5 aromatic rings. The van der Waals surface area contributed by atoms with Gasteiger partial charge < -0.3 is 10.1 Å². The van der Waals surface area contributed by atoms with Gasteiger partial charge in [-0.15, -0.1) is 0 Å². The number of benzene rings is 4. The Bertz CT molecular complexity index is 1760. The third kappa shape index (κ3) is 5.50. The lowest BCUT2D eigenvalue weighted by atomic mass is 10.0. The first-order valence-corrected chi connectivity index (χ1v) is 14.8. The molecule has 7 nitrogen and oxygen atoms in total. The van der Waals surface area contributed by atoms with Crippen molar-refractivity contribution < 1.29 is 13.5 Å². The average molecular weight is 551 g/mol. The van der Waals surface area contributed by atoms with Crippen molar-refractivity contribution in [2.24, 2.45) is 4.99 Å². The Hall–Kier alpha value is -4.40. The summed E-state index contributed by atoms with van der Waals surface area (Å²) in [5.41, 5.74) is 4.97. The van der Waals surface area contributed by atoms with Gasteiger partial charge >= 0.3 is 0 Å². The highest BCUT2D eigenvalue weighted by atomic mass is 32.2. The molecule has 1 fully saturated rings. The zero-order chi connectivity index (χ0) is 27.5. The number of aliphatic imine (C=N–C) groups is 1. The van der Waals surface area contributed by atoms with Gasteiger partial charge in [0, 0.05) is 28.7 Å². The number of hydrogen-bond donors (Lipinski definition) is 3. The van der Waals surface area contributed by atoms with E-state index in [2.05, 4.69) is 26.7 Å². The van der Waals surface area contributed by atoms with Gasteiger partial charge in [-0.05, 0) is 74.0 Å². The Kier molecular flexibility index (Phi) is 7.11. The van der Waals surface area contributed by atoms with E-state index < -0.39 is 10.0 Å². The van der Waals surface area contributed by atoms with Crippen molar-refractivity contribution in [3.63, 3.8) is 0 Å². The van der Waals surface area contributed by atoms with Crippen LogP contribution in [0.2, 0.25) is 0 Å². The summed E-state index contributed by atoms with van der Waals surface area (Å²) >= 11 is 0. The van der Waals surface area contributed by atoms with Gasteiger partial charge in [0.1, 0.15) is 0 Å². The molecule has 1 aliphatic heterocycles. The predicted octanol–water partition coefficient (Wildman–Crippen LogP) is 6.44. The van der Waals surface area contributed by atoms with Crippen LogP contribution in [0.5, 0.6) is 5.88 Å². The van der Waals surface area contributed by atoms with Crippen LogP contribution in [0.3, 0.4) is 0 Å². The normalized spacial score (nSPS) is 14.6. The lowest BCUT2D eigenvalue weighted by Gasteiger charge is -2.14.